The molecule has 0 saturated heterocycles. The second kappa shape index (κ2) is 7.47. The average molecular weight is 401 g/mol. The summed E-state index contributed by atoms with van der Waals surface area (Å²) in [6.07, 6.45) is 1.67. The molecule has 0 amide bonds. The molecule has 0 atom stereocenters. The van der Waals surface area contributed by atoms with E-state index in [1.54, 1.807) is 56.0 Å². The van der Waals surface area contributed by atoms with E-state index < -0.39 is 10.0 Å². The van der Waals surface area contributed by atoms with E-state index in [0.29, 0.717) is 22.9 Å². The van der Waals surface area contributed by atoms with Crippen LogP contribution < -0.4 is 14.9 Å². The summed E-state index contributed by atoms with van der Waals surface area (Å²) < 4.78 is 29.6. The molecule has 28 heavy (non-hydrogen) atoms. The van der Waals surface area contributed by atoms with Crippen molar-refractivity contribution in [2.45, 2.75) is 18.7 Å². The molecule has 2 aromatic heterocycles. The summed E-state index contributed by atoms with van der Waals surface area (Å²) >= 11 is 0. The Kier molecular flexibility index (Phi) is 5.23. The van der Waals surface area contributed by atoms with Gasteiger partial charge in [0.1, 0.15) is 4.90 Å². The lowest BCUT2D eigenvalue weighted by Crippen LogP contribution is -2.14. The van der Waals surface area contributed by atoms with Gasteiger partial charge in [-0.05, 0) is 38.1 Å². The van der Waals surface area contributed by atoms with Crippen molar-refractivity contribution in [1.29, 1.82) is 0 Å². The van der Waals surface area contributed by atoms with Gasteiger partial charge in [0.05, 0.1) is 23.3 Å². The number of benzene rings is 1. The highest BCUT2D eigenvalue weighted by atomic mass is 32.2. The fourth-order valence-electron chi connectivity index (χ4n) is 2.78. The van der Waals surface area contributed by atoms with Crippen LogP contribution in [0.5, 0.6) is 0 Å². The first-order chi connectivity index (χ1) is 13.2. The highest BCUT2D eigenvalue weighted by Crippen LogP contribution is 2.24. The minimum absolute atomic E-state index is 0.202. The van der Waals surface area contributed by atoms with Crippen molar-refractivity contribution >= 4 is 32.9 Å². The Bertz CT molecular complexity index is 1090. The van der Waals surface area contributed by atoms with Crippen molar-refractivity contribution < 1.29 is 8.42 Å². The molecular weight excluding hydrogens is 378 g/mol. The molecule has 10 heteroatoms. The van der Waals surface area contributed by atoms with Crippen molar-refractivity contribution in [3.8, 4) is 0 Å². The van der Waals surface area contributed by atoms with Crippen molar-refractivity contribution in [1.82, 2.24) is 20.0 Å². The SMILES string of the molecule is Cc1nn(C)c(C)c1S(=O)(=O)Nc1ccc(Nc2cc(N(C)C)cnn2)cc1. The lowest BCUT2D eigenvalue weighted by atomic mass is 10.3. The number of aryl methyl sites for hydroxylation is 2. The fraction of sp³-hybridized carbons (Fsp3) is 0.278. The molecule has 0 fully saturated rings. The number of sulfonamides is 1. The minimum atomic E-state index is -3.72. The molecule has 9 nitrogen and oxygen atoms in total. The van der Waals surface area contributed by atoms with Gasteiger partial charge >= 0.3 is 0 Å². The van der Waals surface area contributed by atoms with Crippen LogP contribution in [0.1, 0.15) is 11.4 Å². The summed E-state index contributed by atoms with van der Waals surface area (Å²) in [5.41, 5.74) is 3.19. The van der Waals surface area contributed by atoms with E-state index in [2.05, 4.69) is 25.3 Å². The maximum Gasteiger partial charge on any atom is 0.265 e. The zero-order valence-corrected chi connectivity index (χ0v) is 17.2. The fourth-order valence-corrected chi connectivity index (χ4v) is 4.28. The number of nitrogens with one attached hydrogen (secondary N) is 2. The Morgan fingerprint density at radius 3 is 2.29 bits per heavy atom. The molecule has 1 aromatic carbocycles. The molecule has 0 aliphatic carbocycles. The Hall–Kier alpha value is -3.14. The number of aromatic nitrogens is 4. The topological polar surface area (TPSA) is 105 Å². The quantitative estimate of drug-likeness (QED) is 0.653. The molecule has 0 bridgehead atoms. The van der Waals surface area contributed by atoms with Gasteiger partial charge < -0.3 is 10.2 Å². The number of anilines is 4. The van der Waals surface area contributed by atoms with Gasteiger partial charge in [0.15, 0.2) is 5.82 Å². The van der Waals surface area contributed by atoms with Gasteiger partial charge in [-0.15, -0.1) is 5.10 Å². The molecule has 0 unspecified atom stereocenters. The van der Waals surface area contributed by atoms with Gasteiger partial charge in [0, 0.05) is 38.6 Å². The van der Waals surface area contributed by atoms with Gasteiger partial charge in [-0.1, -0.05) is 0 Å². The molecule has 148 valence electrons. The van der Waals surface area contributed by atoms with Gasteiger partial charge in [0.25, 0.3) is 10.0 Å². The predicted molar refractivity (Wildman–Crippen MR) is 110 cm³/mol. The molecule has 0 spiro atoms. The van der Waals surface area contributed by atoms with Crippen LogP contribution in [0.2, 0.25) is 0 Å². The van der Waals surface area contributed by atoms with E-state index in [0.717, 1.165) is 11.4 Å². The van der Waals surface area contributed by atoms with Crippen LogP contribution in [-0.4, -0.2) is 42.5 Å². The number of hydrogen-bond donors (Lipinski definition) is 2. The van der Waals surface area contributed by atoms with Gasteiger partial charge in [-0.25, -0.2) is 8.42 Å². The second-order valence-electron chi connectivity index (χ2n) is 6.62. The maximum atomic E-state index is 12.7. The lowest BCUT2D eigenvalue weighted by molar-refractivity contribution is 0.599. The maximum absolute atomic E-state index is 12.7. The number of nitrogens with zero attached hydrogens (tertiary/aromatic N) is 5. The first kappa shape index (κ1) is 19.6. The third kappa shape index (κ3) is 4.06. The first-order valence-corrected chi connectivity index (χ1v) is 10.1. The summed E-state index contributed by atoms with van der Waals surface area (Å²) in [5.74, 6) is 0.598. The van der Waals surface area contributed by atoms with Crippen LogP contribution in [0.25, 0.3) is 0 Å². The minimum Gasteiger partial charge on any atom is -0.376 e. The smallest absolute Gasteiger partial charge is 0.265 e. The highest BCUT2D eigenvalue weighted by Gasteiger charge is 2.23. The standard InChI is InChI=1S/C18H23N7O2S/c1-12-18(13(2)25(5)22-12)28(26,27)23-15-8-6-14(7-9-15)20-17-10-16(24(3)4)11-19-21-17/h6-11,23H,1-5H3,(H,20,21). The van der Waals surface area contributed by atoms with E-state index in [1.165, 1.54) is 0 Å². The Balaban J connectivity index is 1.77. The summed E-state index contributed by atoms with van der Waals surface area (Å²) in [7, 11) is 1.84. The molecular formula is C18H23N7O2S. The van der Waals surface area contributed by atoms with Gasteiger partial charge in [-0.2, -0.15) is 10.2 Å². The zero-order chi connectivity index (χ0) is 20.5. The molecule has 0 aliphatic heterocycles. The molecule has 3 aromatic rings. The van der Waals surface area contributed by atoms with E-state index in [9.17, 15) is 8.42 Å². The third-order valence-corrected chi connectivity index (χ3v) is 5.91. The average Bonchev–Trinajstić information content (AvgIpc) is 2.89. The molecule has 2 N–H and O–H groups in total. The van der Waals surface area contributed by atoms with E-state index >= 15 is 0 Å². The van der Waals surface area contributed by atoms with Crippen molar-refractivity contribution in [3.05, 3.63) is 47.9 Å². The molecule has 0 saturated carbocycles. The molecule has 0 aliphatic rings. The van der Waals surface area contributed by atoms with Crippen LogP contribution in [-0.2, 0) is 17.1 Å². The third-order valence-electron chi connectivity index (χ3n) is 4.28. The molecule has 3 rings (SSSR count). The Labute approximate surface area is 164 Å². The van der Waals surface area contributed by atoms with Crippen molar-refractivity contribution in [3.63, 3.8) is 0 Å². The number of rotatable bonds is 6. The molecule has 2 heterocycles. The Morgan fingerprint density at radius 1 is 1.07 bits per heavy atom. The summed E-state index contributed by atoms with van der Waals surface area (Å²) in [6.45, 7) is 3.40. The normalized spacial score (nSPS) is 11.3. The van der Waals surface area contributed by atoms with Crippen LogP contribution in [0.4, 0.5) is 22.9 Å². The lowest BCUT2D eigenvalue weighted by Gasteiger charge is -2.13. The molecule has 0 radical (unpaired) electrons. The van der Waals surface area contributed by atoms with Crippen LogP contribution in [0.15, 0.2) is 41.4 Å². The number of hydrogen-bond acceptors (Lipinski definition) is 7. The van der Waals surface area contributed by atoms with Gasteiger partial charge in [0.2, 0.25) is 0 Å². The van der Waals surface area contributed by atoms with Crippen LogP contribution in [0, 0.1) is 13.8 Å². The summed E-state index contributed by atoms with van der Waals surface area (Å²) in [6, 6.07) is 8.78. The van der Waals surface area contributed by atoms with Crippen LogP contribution >= 0.6 is 0 Å². The zero-order valence-electron chi connectivity index (χ0n) is 16.4. The Morgan fingerprint density at radius 2 is 1.71 bits per heavy atom. The predicted octanol–water partition coefficient (Wildman–Crippen LogP) is 2.44. The monoisotopic (exact) mass is 401 g/mol. The summed E-state index contributed by atoms with van der Waals surface area (Å²) in [5, 5.41) is 15.3. The van der Waals surface area contributed by atoms with Gasteiger partial charge in [-0.3, -0.25) is 9.40 Å². The second-order valence-corrected chi connectivity index (χ2v) is 8.24. The first-order valence-electron chi connectivity index (χ1n) is 8.57. The van der Waals surface area contributed by atoms with Crippen molar-refractivity contribution in [2.75, 3.05) is 29.0 Å². The largest absolute Gasteiger partial charge is 0.376 e. The van der Waals surface area contributed by atoms with E-state index in [1.807, 2.05) is 25.1 Å². The van der Waals surface area contributed by atoms with E-state index in [-0.39, 0.29) is 4.90 Å². The summed E-state index contributed by atoms with van der Waals surface area (Å²) in [4.78, 5) is 2.13. The highest BCUT2D eigenvalue weighted by molar-refractivity contribution is 7.92. The van der Waals surface area contributed by atoms with E-state index in [4.69, 9.17) is 0 Å². The van der Waals surface area contributed by atoms with Crippen molar-refractivity contribution in [2.24, 2.45) is 7.05 Å². The van der Waals surface area contributed by atoms with Crippen LogP contribution in [0.3, 0.4) is 0 Å².